The summed E-state index contributed by atoms with van der Waals surface area (Å²) in [6, 6.07) is 10.8. The largest absolute Gasteiger partial charge is 0.383 e. The zero-order valence-corrected chi connectivity index (χ0v) is 19.2. The van der Waals surface area contributed by atoms with Crippen LogP contribution in [0.15, 0.2) is 42.7 Å². The van der Waals surface area contributed by atoms with Crippen LogP contribution in [-0.4, -0.2) is 44.3 Å². The number of piperidine rings is 1. The number of hydrogen-bond acceptors (Lipinski definition) is 5. The monoisotopic (exact) mass is 430 g/mol. The van der Waals surface area contributed by atoms with Crippen LogP contribution in [0.1, 0.15) is 66.2 Å². The van der Waals surface area contributed by atoms with Crippen LogP contribution in [-0.2, 0) is 19.9 Å². The van der Waals surface area contributed by atoms with Crippen molar-refractivity contribution in [3.8, 4) is 0 Å². The van der Waals surface area contributed by atoms with Crippen LogP contribution < -0.4 is 5.73 Å². The van der Waals surface area contributed by atoms with Crippen molar-refractivity contribution in [2.24, 2.45) is 13.0 Å². The third-order valence-corrected chi connectivity index (χ3v) is 7.21. The number of nitrogens with two attached hydrogens (primary N) is 1. The average Bonchev–Trinajstić information content (AvgIpc) is 3.24. The lowest BCUT2D eigenvalue weighted by Crippen LogP contribution is -2.38. The van der Waals surface area contributed by atoms with E-state index in [1.54, 1.807) is 0 Å². The quantitative estimate of drug-likeness (QED) is 0.664. The predicted molar refractivity (Wildman–Crippen MR) is 128 cm³/mol. The Labute approximate surface area is 190 Å². The van der Waals surface area contributed by atoms with Crippen LogP contribution in [0.2, 0.25) is 0 Å². The highest BCUT2D eigenvalue weighted by Gasteiger charge is 2.29. The third-order valence-electron chi connectivity index (χ3n) is 7.21. The molecule has 1 aliphatic heterocycles. The van der Waals surface area contributed by atoms with E-state index >= 15 is 0 Å². The second kappa shape index (κ2) is 9.02. The smallest absolute Gasteiger partial charge is 0.139 e. The normalized spacial score (nSPS) is 22.4. The van der Waals surface area contributed by atoms with Gasteiger partial charge in [0.1, 0.15) is 11.6 Å². The fraction of sp³-hybridized carbons (Fsp3) is 0.500. The molecule has 1 aromatic carbocycles. The van der Waals surface area contributed by atoms with Crippen molar-refractivity contribution in [3.05, 3.63) is 70.9 Å². The highest BCUT2D eigenvalue weighted by molar-refractivity contribution is 5.46. The summed E-state index contributed by atoms with van der Waals surface area (Å²) in [5.74, 6) is 2.83. The lowest BCUT2D eigenvalue weighted by Gasteiger charge is -2.33. The van der Waals surface area contributed by atoms with Crippen molar-refractivity contribution in [2.75, 3.05) is 25.4 Å². The number of hydrogen-bond donors (Lipinski definition) is 1. The maximum atomic E-state index is 6.57. The van der Waals surface area contributed by atoms with Gasteiger partial charge < -0.3 is 10.6 Å². The van der Waals surface area contributed by atoms with Crippen molar-refractivity contribution in [3.63, 3.8) is 0 Å². The number of rotatable bonds is 5. The molecule has 6 nitrogen and oxygen atoms in total. The Balaban J connectivity index is 1.44. The van der Waals surface area contributed by atoms with E-state index in [1.165, 1.54) is 24.0 Å². The topological polar surface area (TPSA) is 72.9 Å². The van der Waals surface area contributed by atoms with Gasteiger partial charge in [-0.05, 0) is 56.0 Å². The third kappa shape index (κ3) is 4.42. The van der Waals surface area contributed by atoms with Crippen LogP contribution >= 0.6 is 0 Å². The van der Waals surface area contributed by atoms with Crippen LogP contribution in [0.5, 0.6) is 0 Å². The summed E-state index contributed by atoms with van der Waals surface area (Å²) in [4.78, 5) is 12.6. The summed E-state index contributed by atoms with van der Waals surface area (Å²) in [6.45, 7) is 5.54. The number of benzene rings is 1. The Bertz CT molecular complexity index is 1060. The standard InChI is InChI=1S/C26H34N6/c1-18-7-6-12-32(15-18)17-23(21-14-28-31(2)16-21)26-29-24-11-10-20(13-22(24)25(27)30-26)19-8-4-3-5-9-19/h3-5,8-9,14,16,18,20,23H,6-7,10-13,15,17H2,1-2H3,(H2,27,29,30)/t18-,20?,23-/m0/s1. The van der Waals surface area contributed by atoms with Crippen molar-refractivity contribution < 1.29 is 0 Å². The summed E-state index contributed by atoms with van der Waals surface area (Å²) in [5.41, 5.74) is 11.4. The van der Waals surface area contributed by atoms with Gasteiger partial charge in [0.2, 0.25) is 0 Å². The summed E-state index contributed by atoms with van der Waals surface area (Å²) < 4.78 is 1.87. The van der Waals surface area contributed by atoms with Crippen LogP contribution in [0.25, 0.3) is 0 Å². The van der Waals surface area contributed by atoms with Gasteiger partial charge in [0.25, 0.3) is 0 Å². The Morgan fingerprint density at radius 1 is 1.16 bits per heavy atom. The number of nitrogen functional groups attached to an aromatic ring is 1. The second-order valence-electron chi connectivity index (χ2n) is 9.75. The van der Waals surface area contributed by atoms with Gasteiger partial charge in [-0.2, -0.15) is 5.10 Å². The first-order valence-corrected chi connectivity index (χ1v) is 12.0. The molecular weight excluding hydrogens is 396 g/mol. The minimum atomic E-state index is 0.0912. The molecule has 1 fully saturated rings. The second-order valence-corrected chi connectivity index (χ2v) is 9.75. The summed E-state index contributed by atoms with van der Waals surface area (Å²) >= 11 is 0. The molecule has 3 heterocycles. The van der Waals surface area contributed by atoms with E-state index in [9.17, 15) is 0 Å². The molecule has 6 heteroatoms. The molecule has 0 bridgehead atoms. The van der Waals surface area contributed by atoms with Crippen molar-refractivity contribution in [1.29, 1.82) is 0 Å². The molecule has 2 aliphatic rings. The van der Waals surface area contributed by atoms with Gasteiger partial charge >= 0.3 is 0 Å². The Hall–Kier alpha value is -2.73. The molecule has 3 aromatic rings. The van der Waals surface area contributed by atoms with Gasteiger partial charge in [0.15, 0.2) is 0 Å². The molecule has 1 saturated heterocycles. The zero-order chi connectivity index (χ0) is 22.1. The highest BCUT2D eigenvalue weighted by Crippen LogP contribution is 2.35. The fourth-order valence-electron chi connectivity index (χ4n) is 5.49. The molecule has 32 heavy (non-hydrogen) atoms. The molecule has 5 rings (SSSR count). The van der Waals surface area contributed by atoms with Crippen molar-refractivity contribution in [1.82, 2.24) is 24.6 Å². The molecule has 0 amide bonds. The lowest BCUT2D eigenvalue weighted by atomic mass is 9.82. The predicted octanol–water partition coefficient (Wildman–Crippen LogP) is 3.93. The van der Waals surface area contributed by atoms with E-state index in [2.05, 4.69) is 53.5 Å². The number of anilines is 1. The maximum absolute atomic E-state index is 6.57. The van der Waals surface area contributed by atoms with Gasteiger partial charge in [-0.1, -0.05) is 37.3 Å². The molecule has 1 aliphatic carbocycles. The highest BCUT2D eigenvalue weighted by atomic mass is 15.2. The Kier molecular flexibility index (Phi) is 5.96. The fourth-order valence-corrected chi connectivity index (χ4v) is 5.49. The van der Waals surface area contributed by atoms with E-state index in [4.69, 9.17) is 15.7 Å². The molecule has 0 saturated carbocycles. The summed E-state index contributed by atoms with van der Waals surface area (Å²) in [7, 11) is 1.97. The summed E-state index contributed by atoms with van der Waals surface area (Å²) in [6.07, 6.45) is 9.62. The SMILES string of the molecule is C[C@H]1CCCN(C[C@@H](c2cnn(C)c2)c2nc(N)c3c(n2)CCC(c2ccccc2)C3)C1. The maximum Gasteiger partial charge on any atom is 0.139 e. The van der Waals surface area contributed by atoms with Gasteiger partial charge in [-0.15, -0.1) is 0 Å². The van der Waals surface area contributed by atoms with Crippen molar-refractivity contribution >= 4 is 5.82 Å². The van der Waals surface area contributed by atoms with E-state index in [0.717, 1.165) is 61.9 Å². The van der Waals surface area contributed by atoms with Crippen LogP contribution in [0.3, 0.4) is 0 Å². The first-order chi connectivity index (χ1) is 15.6. The molecule has 1 unspecified atom stereocenters. The van der Waals surface area contributed by atoms with E-state index in [-0.39, 0.29) is 5.92 Å². The number of likely N-dealkylation sites (tertiary alicyclic amines) is 1. The minimum absolute atomic E-state index is 0.0912. The molecule has 0 radical (unpaired) electrons. The Morgan fingerprint density at radius 2 is 2.00 bits per heavy atom. The van der Waals surface area contributed by atoms with Crippen LogP contribution in [0.4, 0.5) is 5.82 Å². The molecule has 168 valence electrons. The first-order valence-electron chi connectivity index (χ1n) is 12.0. The summed E-state index contributed by atoms with van der Waals surface area (Å²) in [5, 5.41) is 4.44. The zero-order valence-electron chi connectivity index (χ0n) is 19.2. The molecule has 3 atom stereocenters. The van der Waals surface area contributed by atoms with E-state index in [1.807, 2.05) is 17.9 Å². The molecule has 2 N–H and O–H groups in total. The number of fused-ring (bicyclic) bond motifs is 1. The number of nitrogens with zero attached hydrogens (tertiary/aromatic N) is 5. The lowest BCUT2D eigenvalue weighted by molar-refractivity contribution is 0.178. The van der Waals surface area contributed by atoms with Crippen LogP contribution in [0, 0.1) is 5.92 Å². The van der Waals surface area contributed by atoms with Gasteiger partial charge in [0, 0.05) is 43.2 Å². The van der Waals surface area contributed by atoms with E-state index in [0.29, 0.717) is 11.7 Å². The van der Waals surface area contributed by atoms with Gasteiger partial charge in [-0.25, -0.2) is 9.97 Å². The van der Waals surface area contributed by atoms with E-state index < -0.39 is 0 Å². The average molecular weight is 431 g/mol. The first kappa shape index (κ1) is 21.1. The number of aromatic nitrogens is 4. The molecule has 2 aromatic heterocycles. The Morgan fingerprint density at radius 3 is 2.75 bits per heavy atom. The van der Waals surface area contributed by atoms with Crippen molar-refractivity contribution in [2.45, 2.75) is 50.9 Å². The van der Waals surface area contributed by atoms with Gasteiger partial charge in [0.05, 0.1) is 12.1 Å². The minimum Gasteiger partial charge on any atom is -0.383 e. The molecular formula is C26H34N6. The van der Waals surface area contributed by atoms with Gasteiger partial charge in [-0.3, -0.25) is 4.68 Å². The number of aryl methyl sites for hydroxylation is 2. The molecule has 0 spiro atoms.